The van der Waals surface area contributed by atoms with Crippen molar-refractivity contribution in [1.29, 1.82) is 0 Å². The van der Waals surface area contributed by atoms with Crippen molar-refractivity contribution in [1.82, 2.24) is 20.1 Å². The first-order valence-electron chi connectivity index (χ1n) is 12.8. The van der Waals surface area contributed by atoms with E-state index in [1.54, 1.807) is 0 Å². The molecule has 6 heteroatoms. The van der Waals surface area contributed by atoms with Gasteiger partial charge in [-0.25, -0.2) is 4.98 Å². The van der Waals surface area contributed by atoms with Crippen molar-refractivity contribution in [2.75, 3.05) is 31.1 Å². The lowest BCUT2D eigenvalue weighted by molar-refractivity contribution is -0.136. The van der Waals surface area contributed by atoms with Gasteiger partial charge in [-0.05, 0) is 84.9 Å². The molecule has 1 spiro atoms. The van der Waals surface area contributed by atoms with Crippen molar-refractivity contribution in [3.05, 3.63) is 53.4 Å². The van der Waals surface area contributed by atoms with E-state index in [1.807, 2.05) is 11.1 Å². The van der Waals surface area contributed by atoms with Gasteiger partial charge in [0, 0.05) is 42.7 Å². The molecule has 0 radical (unpaired) electrons. The van der Waals surface area contributed by atoms with Crippen molar-refractivity contribution < 1.29 is 4.79 Å². The van der Waals surface area contributed by atoms with Crippen LogP contribution in [0.25, 0.3) is 22.0 Å². The van der Waals surface area contributed by atoms with E-state index in [1.165, 1.54) is 51.4 Å². The van der Waals surface area contributed by atoms with E-state index in [9.17, 15) is 4.79 Å². The molecule has 0 bridgehead atoms. The van der Waals surface area contributed by atoms with Gasteiger partial charge in [0.15, 0.2) is 0 Å². The highest BCUT2D eigenvalue weighted by atomic mass is 16.2. The second kappa shape index (κ2) is 7.67. The number of fused-ring (bicyclic) bond motifs is 2. The Bertz CT molecular complexity index is 1360. The Labute approximate surface area is 207 Å². The van der Waals surface area contributed by atoms with Gasteiger partial charge in [0.1, 0.15) is 5.82 Å². The van der Waals surface area contributed by atoms with Crippen LogP contribution in [-0.2, 0) is 17.6 Å². The molecule has 0 atom stereocenters. The predicted octanol–water partition coefficient (Wildman–Crippen LogP) is 4.98. The highest BCUT2D eigenvalue weighted by Crippen LogP contribution is 2.47. The third-order valence-corrected chi connectivity index (χ3v) is 8.66. The lowest BCUT2D eigenvalue weighted by Gasteiger charge is -2.47. The summed E-state index contributed by atoms with van der Waals surface area (Å²) < 4.78 is 0. The monoisotopic (exact) mass is 469 g/mol. The van der Waals surface area contributed by atoms with E-state index in [2.05, 4.69) is 61.5 Å². The Balaban J connectivity index is 1.46. The van der Waals surface area contributed by atoms with Crippen LogP contribution >= 0.6 is 0 Å². The number of aromatic nitrogens is 3. The fourth-order valence-electron chi connectivity index (χ4n) is 6.71. The van der Waals surface area contributed by atoms with Crippen LogP contribution in [0, 0.1) is 24.7 Å². The average Bonchev–Trinajstić information content (AvgIpc) is 3.45. The van der Waals surface area contributed by atoms with Crippen LogP contribution in [0.5, 0.6) is 0 Å². The van der Waals surface area contributed by atoms with Crippen LogP contribution < -0.4 is 4.90 Å². The molecular weight excluding hydrogens is 434 g/mol. The topological polar surface area (TPSA) is 65.1 Å². The smallest absolute Gasteiger partial charge is 0.245 e. The molecule has 1 aliphatic carbocycles. The summed E-state index contributed by atoms with van der Waals surface area (Å²) in [6.07, 6.45) is 7.74. The minimum atomic E-state index is 0.0466. The summed E-state index contributed by atoms with van der Waals surface area (Å²) in [6.45, 7) is 16.4. The standard InChI is InChI=1S/C29H35N5O/c1-6-24(35)34-16-29(17-34)11-12-33(15-29)27-19(3)26(20-9-10-28(4,5)13-23(20)31-27)25-18(2)7-8-22-21(25)14-30-32-22/h6-8,14H,1,9-13,15-17H2,2-5H3,(H,30,32). The van der Waals surface area contributed by atoms with E-state index in [0.29, 0.717) is 0 Å². The number of anilines is 1. The Morgan fingerprint density at radius 2 is 1.94 bits per heavy atom. The van der Waals surface area contributed by atoms with E-state index >= 15 is 0 Å². The van der Waals surface area contributed by atoms with Crippen molar-refractivity contribution in [2.24, 2.45) is 10.8 Å². The number of carbonyl (C=O) groups excluding carboxylic acids is 1. The Hall–Kier alpha value is -3.15. The van der Waals surface area contributed by atoms with Gasteiger partial charge in [0.2, 0.25) is 5.91 Å². The third-order valence-electron chi connectivity index (χ3n) is 8.66. The molecule has 0 unspecified atom stereocenters. The lowest BCUT2D eigenvalue weighted by Crippen LogP contribution is -2.59. The molecule has 3 aromatic rings. The van der Waals surface area contributed by atoms with E-state index in [0.717, 1.165) is 56.8 Å². The number of carbonyl (C=O) groups is 1. The van der Waals surface area contributed by atoms with Crippen molar-refractivity contribution >= 4 is 22.6 Å². The molecule has 35 heavy (non-hydrogen) atoms. The van der Waals surface area contributed by atoms with Gasteiger partial charge in [-0.2, -0.15) is 5.10 Å². The fraction of sp³-hybridized carbons (Fsp3) is 0.483. The molecule has 6 rings (SSSR count). The lowest BCUT2D eigenvalue weighted by atomic mass is 9.73. The first kappa shape index (κ1) is 22.3. The quantitative estimate of drug-likeness (QED) is 0.550. The zero-order valence-corrected chi connectivity index (χ0v) is 21.4. The number of hydrogen-bond acceptors (Lipinski definition) is 4. The van der Waals surface area contributed by atoms with Crippen LogP contribution in [-0.4, -0.2) is 52.2 Å². The van der Waals surface area contributed by atoms with Crippen LogP contribution in [0.2, 0.25) is 0 Å². The number of benzene rings is 1. The minimum Gasteiger partial charge on any atom is -0.356 e. The molecule has 6 nitrogen and oxygen atoms in total. The summed E-state index contributed by atoms with van der Waals surface area (Å²) in [7, 11) is 0. The van der Waals surface area contributed by atoms with Gasteiger partial charge in [-0.1, -0.05) is 26.5 Å². The molecule has 1 aromatic carbocycles. The number of pyridine rings is 1. The highest BCUT2D eigenvalue weighted by Gasteiger charge is 2.49. The van der Waals surface area contributed by atoms with Gasteiger partial charge < -0.3 is 9.80 Å². The number of likely N-dealkylation sites (tertiary alicyclic amines) is 1. The number of hydrogen-bond donors (Lipinski definition) is 1. The predicted molar refractivity (Wildman–Crippen MR) is 141 cm³/mol. The second-order valence-electron chi connectivity index (χ2n) is 11.9. The average molecular weight is 470 g/mol. The number of aryl methyl sites for hydroxylation is 1. The van der Waals surface area contributed by atoms with Crippen molar-refractivity contribution in [2.45, 2.75) is 53.4 Å². The SMILES string of the molecule is C=CC(=O)N1CC2(CCN(c3nc4c(c(-c5c(C)ccc6[nH]ncc56)c3C)CCC(C)(C)C4)C2)C1. The summed E-state index contributed by atoms with van der Waals surface area (Å²) in [5.74, 6) is 1.17. The molecule has 2 saturated heterocycles. The first-order valence-corrected chi connectivity index (χ1v) is 12.8. The first-order chi connectivity index (χ1) is 16.7. The molecule has 4 heterocycles. The second-order valence-corrected chi connectivity index (χ2v) is 11.9. The summed E-state index contributed by atoms with van der Waals surface area (Å²) in [5, 5.41) is 8.72. The third kappa shape index (κ3) is 3.48. The fourth-order valence-corrected chi connectivity index (χ4v) is 6.71. The molecule has 1 N–H and O–H groups in total. The molecule has 2 aromatic heterocycles. The van der Waals surface area contributed by atoms with Crippen LogP contribution in [0.3, 0.4) is 0 Å². The summed E-state index contributed by atoms with van der Waals surface area (Å²) in [4.78, 5) is 21.8. The maximum atomic E-state index is 12.1. The minimum absolute atomic E-state index is 0.0466. The molecule has 182 valence electrons. The largest absolute Gasteiger partial charge is 0.356 e. The Morgan fingerprint density at radius 1 is 1.14 bits per heavy atom. The summed E-state index contributed by atoms with van der Waals surface area (Å²) in [6, 6.07) is 4.34. The zero-order valence-electron chi connectivity index (χ0n) is 21.4. The number of aromatic amines is 1. The Morgan fingerprint density at radius 3 is 2.71 bits per heavy atom. The molecule has 2 aliphatic heterocycles. The van der Waals surface area contributed by atoms with Crippen LogP contribution in [0.1, 0.15) is 49.1 Å². The van der Waals surface area contributed by atoms with E-state index < -0.39 is 0 Å². The summed E-state index contributed by atoms with van der Waals surface area (Å²) >= 11 is 0. The zero-order chi connectivity index (χ0) is 24.5. The van der Waals surface area contributed by atoms with Gasteiger partial charge >= 0.3 is 0 Å². The van der Waals surface area contributed by atoms with Gasteiger partial charge in [0.05, 0.1) is 11.7 Å². The number of H-pyrrole nitrogens is 1. The molecule has 3 aliphatic rings. The number of rotatable bonds is 3. The number of nitrogens with one attached hydrogen (secondary N) is 1. The van der Waals surface area contributed by atoms with Crippen LogP contribution in [0.4, 0.5) is 5.82 Å². The maximum absolute atomic E-state index is 12.1. The normalized spacial score (nSPS) is 20.2. The molecule has 2 fully saturated rings. The molecule has 1 amide bonds. The van der Waals surface area contributed by atoms with Gasteiger partial charge in [-0.15, -0.1) is 0 Å². The highest BCUT2D eigenvalue weighted by molar-refractivity contribution is 5.98. The van der Waals surface area contributed by atoms with Crippen LogP contribution in [0.15, 0.2) is 31.0 Å². The van der Waals surface area contributed by atoms with E-state index in [4.69, 9.17) is 4.98 Å². The number of nitrogens with zero attached hydrogens (tertiary/aromatic N) is 4. The van der Waals surface area contributed by atoms with Gasteiger partial charge in [0.25, 0.3) is 0 Å². The Kier molecular flexibility index (Phi) is 4.89. The summed E-state index contributed by atoms with van der Waals surface area (Å²) in [5.41, 5.74) is 9.41. The van der Waals surface area contributed by atoms with Crippen molar-refractivity contribution in [3.63, 3.8) is 0 Å². The molecular formula is C29H35N5O. The van der Waals surface area contributed by atoms with Crippen molar-refractivity contribution in [3.8, 4) is 11.1 Å². The van der Waals surface area contributed by atoms with E-state index in [-0.39, 0.29) is 16.7 Å². The number of amides is 1. The molecule has 0 saturated carbocycles. The van der Waals surface area contributed by atoms with Gasteiger partial charge in [-0.3, -0.25) is 9.89 Å². The maximum Gasteiger partial charge on any atom is 0.245 e.